The van der Waals surface area contributed by atoms with Crippen LogP contribution in [0, 0.1) is 0 Å². The molecule has 0 unspecified atom stereocenters. The van der Waals surface area contributed by atoms with E-state index < -0.39 is 0 Å². The molecule has 198 valence electrons. The first-order valence-corrected chi connectivity index (χ1v) is 15.6. The molecule has 3 aromatic rings. The monoisotopic (exact) mass is 634 g/mol. The van der Waals surface area contributed by atoms with Crippen molar-refractivity contribution in [1.82, 2.24) is 19.9 Å². The molecular formula is C32H36Br2N4. The van der Waals surface area contributed by atoms with Crippen LogP contribution in [0.4, 0.5) is 0 Å². The third kappa shape index (κ3) is 5.10. The molecule has 0 radical (unpaired) electrons. The van der Waals surface area contributed by atoms with E-state index in [9.17, 15) is 0 Å². The van der Waals surface area contributed by atoms with E-state index in [1.165, 1.54) is 22.3 Å². The van der Waals surface area contributed by atoms with Crippen LogP contribution < -0.4 is 0 Å². The average molecular weight is 636 g/mol. The van der Waals surface area contributed by atoms with Gasteiger partial charge in [0.1, 0.15) is 11.4 Å². The van der Waals surface area contributed by atoms with Gasteiger partial charge >= 0.3 is 0 Å². The molecule has 0 aliphatic carbocycles. The quantitative estimate of drug-likeness (QED) is 0.259. The van der Waals surface area contributed by atoms with Crippen LogP contribution in [0.2, 0.25) is 0 Å². The van der Waals surface area contributed by atoms with Crippen LogP contribution in [0.15, 0.2) is 36.4 Å². The maximum Gasteiger partial charge on any atom is 0.102 e. The Bertz CT molecular complexity index is 1470. The molecular weight excluding hydrogens is 600 g/mol. The minimum Gasteiger partial charge on any atom is -0.353 e. The number of aromatic nitrogens is 4. The van der Waals surface area contributed by atoms with E-state index in [2.05, 4.69) is 106 Å². The van der Waals surface area contributed by atoms with Crippen LogP contribution in [0.3, 0.4) is 0 Å². The number of aromatic amines is 2. The van der Waals surface area contributed by atoms with Crippen molar-refractivity contribution >= 4 is 74.0 Å². The Morgan fingerprint density at radius 1 is 0.553 bits per heavy atom. The fourth-order valence-electron chi connectivity index (χ4n) is 5.45. The maximum absolute atomic E-state index is 5.15. The molecule has 38 heavy (non-hydrogen) atoms. The standard InChI is InChI=1S/C32H36Br2N4/c1-5-9-19-17-27-31-29(33)22(12-8-4)26(37-31)16-14-24-20(10-6-2)18-28(36-24)32-30(34)21(11-7-3)25(38-32)15-13-23(19)35-27/h13-18,35-36H,5-12H2,1-4H3. The number of hydrogen-bond acceptors (Lipinski definition) is 2. The summed E-state index contributed by atoms with van der Waals surface area (Å²) < 4.78 is 2.19. The second-order valence-electron chi connectivity index (χ2n) is 10.2. The minimum absolute atomic E-state index is 0.980. The van der Waals surface area contributed by atoms with Gasteiger partial charge in [-0.1, -0.05) is 53.4 Å². The normalized spacial score (nSPS) is 13.6. The van der Waals surface area contributed by atoms with Gasteiger partial charge in [-0.25, -0.2) is 9.97 Å². The van der Waals surface area contributed by atoms with Crippen molar-refractivity contribution in [3.05, 3.63) is 70.3 Å². The third-order valence-corrected chi connectivity index (χ3v) is 8.97. The van der Waals surface area contributed by atoms with Crippen molar-refractivity contribution in [2.24, 2.45) is 0 Å². The zero-order chi connectivity index (χ0) is 26.8. The van der Waals surface area contributed by atoms with Crippen LogP contribution in [0.1, 0.15) is 100 Å². The molecule has 0 saturated carbocycles. The van der Waals surface area contributed by atoms with Gasteiger partial charge in [-0.3, -0.25) is 0 Å². The molecule has 0 spiro atoms. The number of aryl methyl sites for hydroxylation is 2. The van der Waals surface area contributed by atoms with Crippen molar-refractivity contribution in [3.63, 3.8) is 0 Å². The molecule has 2 aliphatic rings. The predicted octanol–water partition coefficient (Wildman–Crippen LogP) is 10.3. The Morgan fingerprint density at radius 2 is 0.947 bits per heavy atom. The molecule has 0 atom stereocenters. The smallest absolute Gasteiger partial charge is 0.102 e. The molecule has 2 N–H and O–H groups in total. The topological polar surface area (TPSA) is 57.4 Å². The first-order chi connectivity index (χ1) is 18.5. The van der Waals surface area contributed by atoms with E-state index in [0.717, 1.165) is 105 Å². The Labute approximate surface area is 242 Å². The lowest BCUT2D eigenvalue weighted by Gasteiger charge is -2.00. The van der Waals surface area contributed by atoms with Gasteiger partial charge in [0.2, 0.25) is 0 Å². The number of halogens is 2. The van der Waals surface area contributed by atoms with E-state index >= 15 is 0 Å². The van der Waals surface area contributed by atoms with Crippen molar-refractivity contribution in [3.8, 4) is 0 Å². The summed E-state index contributed by atoms with van der Waals surface area (Å²) in [5.74, 6) is 0. The second kappa shape index (κ2) is 11.7. The lowest BCUT2D eigenvalue weighted by molar-refractivity contribution is 0.931. The minimum atomic E-state index is 0.980. The predicted molar refractivity (Wildman–Crippen MR) is 170 cm³/mol. The summed E-state index contributed by atoms with van der Waals surface area (Å²) in [6, 6.07) is 13.3. The lowest BCUT2D eigenvalue weighted by atomic mass is 10.1. The van der Waals surface area contributed by atoms with Crippen LogP contribution in [-0.4, -0.2) is 19.9 Å². The van der Waals surface area contributed by atoms with E-state index in [1.54, 1.807) is 0 Å². The van der Waals surface area contributed by atoms with Gasteiger partial charge < -0.3 is 9.97 Å². The Hall–Kier alpha value is -2.44. The van der Waals surface area contributed by atoms with Gasteiger partial charge in [0.15, 0.2) is 0 Å². The van der Waals surface area contributed by atoms with Crippen LogP contribution >= 0.6 is 31.9 Å². The Morgan fingerprint density at radius 3 is 1.32 bits per heavy atom. The summed E-state index contributed by atoms with van der Waals surface area (Å²) in [5.41, 5.74) is 13.6. The SMILES string of the molecule is CCCC1=C(Br)c2nc1ccc1[nH]c(cc1CCC)c1nc(ccc3[nH]c2cc3CCC)C(CCC)=C1Br. The molecule has 5 heterocycles. The molecule has 3 aromatic heterocycles. The summed E-state index contributed by atoms with van der Waals surface area (Å²) >= 11 is 7.85. The highest BCUT2D eigenvalue weighted by molar-refractivity contribution is 9.15. The zero-order valence-electron chi connectivity index (χ0n) is 22.8. The van der Waals surface area contributed by atoms with E-state index in [1.807, 2.05) is 0 Å². The third-order valence-electron chi connectivity index (χ3n) is 7.26. The number of allylic oxidation sites excluding steroid dienone is 2. The highest BCUT2D eigenvalue weighted by Gasteiger charge is 2.21. The highest BCUT2D eigenvalue weighted by atomic mass is 79.9. The molecule has 5 rings (SSSR count). The Balaban J connectivity index is 1.89. The fraction of sp³-hybridized carbons (Fsp3) is 0.375. The fourth-order valence-corrected chi connectivity index (χ4v) is 6.86. The lowest BCUT2D eigenvalue weighted by Crippen LogP contribution is -1.82. The van der Waals surface area contributed by atoms with Crippen LogP contribution in [0.25, 0.3) is 42.2 Å². The van der Waals surface area contributed by atoms with Gasteiger partial charge in [0.05, 0.1) is 31.4 Å². The zero-order valence-corrected chi connectivity index (χ0v) is 25.9. The number of hydrogen-bond donors (Lipinski definition) is 2. The summed E-state index contributed by atoms with van der Waals surface area (Å²) in [4.78, 5) is 17.7. The van der Waals surface area contributed by atoms with Gasteiger partial charge in [-0.15, -0.1) is 0 Å². The first-order valence-electron chi connectivity index (χ1n) is 14.0. The summed E-state index contributed by atoms with van der Waals surface area (Å²) in [6.45, 7) is 8.91. The highest BCUT2D eigenvalue weighted by Crippen LogP contribution is 2.40. The summed E-state index contributed by atoms with van der Waals surface area (Å²) in [7, 11) is 0. The van der Waals surface area contributed by atoms with Crippen LogP contribution in [0.5, 0.6) is 0 Å². The average Bonchev–Trinajstić information content (AvgIpc) is 3.64. The van der Waals surface area contributed by atoms with Gasteiger partial charge in [0.25, 0.3) is 0 Å². The molecule has 0 saturated heterocycles. The van der Waals surface area contributed by atoms with Gasteiger partial charge in [-0.2, -0.15) is 0 Å². The van der Waals surface area contributed by atoms with Gasteiger partial charge in [-0.05, 0) is 116 Å². The number of nitrogens with one attached hydrogen (secondary N) is 2. The van der Waals surface area contributed by atoms with E-state index in [4.69, 9.17) is 9.97 Å². The van der Waals surface area contributed by atoms with Gasteiger partial charge in [0, 0.05) is 11.0 Å². The molecule has 4 nitrogen and oxygen atoms in total. The van der Waals surface area contributed by atoms with E-state index in [0.29, 0.717) is 0 Å². The Kier molecular flexibility index (Phi) is 8.39. The van der Waals surface area contributed by atoms with Crippen molar-refractivity contribution in [2.45, 2.75) is 79.1 Å². The molecule has 0 fully saturated rings. The largest absolute Gasteiger partial charge is 0.353 e. The summed E-state index contributed by atoms with van der Waals surface area (Å²) in [5, 5.41) is 0. The van der Waals surface area contributed by atoms with Crippen molar-refractivity contribution in [1.29, 1.82) is 0 Å². The van der Waals surface area contributed by atoms with Crippen molar-refractivity contribution < 1.29 is 0 Å². The molecule has 0 aromatic carbocycles. The molecule has 2 aliphatic heterocycles. The number of nitrogens with zero attached hydrogens (tertiary/aromatic N) is 2. The van der Waals surface area contributed by atoms with Crippen molar-refractivity contribution in [2.75, 3.05) is 0 Å². The summed E-state index contributed by atoms with van der Waals surface area (Å²) in [6.07, 6.45) is 8.29. The first kappa shape index (κ1) is 27.1. The molecule has 8 bridgehead atoms. The van der Waals surface area contributed by atoms with E-state index in [-0.39, 0.29) is 0 Å². The number of H-pyrrole nitrogens is 2. The number of fused-ring (bicyclic) bond motifs is 10. The molecule has 0 amide bonds. The maximum atomic E-state index is 5.15. The molecule has 6 heteroatoms. The van der Waals surface area contributed by atoms with Crippen LogP contribution in [-0.2, 0) is 12.8 Å². The second-order valence-corrected chi connectivity index (χ2v) is 11.8. The number of rotatable bonds is 8.